The Bertz CT molecular complexity index is 546. The molecule has 0 aliphatic carbocycles. The van der Waals surface area contributed by atoms with Gasteiger partial charge in [0.25, 0.3) is 5.56 Å². The molecule has 0 bridgehead atoms. The average Bonchev–Trinajstić information content (AvgIpc) is 2.35. The molecular formula is C14H15NO2. The fourth-order valence-electron chi connectivity index (χ4n) is 1.66. The lowest BCUT2D eigenvalue weighted by Gasteiger charge is -2.17. The molecule has 2 rings (SSSR count). The quantitative estimate of drug-likeness (QED) is 0.809. The van der Waals surface area contributed by atoms with Crippen LogP contribution in [-0.2, 0) is 0 Å². The Kier molecular flexibility index (Phi) is 3.28. The van der Waals surface area contributed by atoms with E-state index in [2.05, 4.69) is 0 Å². The topological polar surface area (TPSA) is 31.2 Å². The van der Waals surface area contributed by atoms with E-state index in [0.29, 0.717) is 0 Å². The summed E-state index contributed by atoms with van der Waals surface area (Å²) in [5.41, 5.74) is 1.69. The molecule has 1 atom stereocenters. The third-order valence-corrected chi connectivity index (χ3v) is 2.63. The maximum Gasteiger partial charge on any atom is 0.283 e. The minimum absolute atomic E-state index is 0.146. The van der Waals surface area contributed by atoms with Crippen molar-refractivity contribution in [2.45, 2.75) is 20.0 Å². The summed E-state index contributed by atoms with van der Waals surface area (Å²) in [6.45, 7) is 3.77. The van der Waals surface area contributed by atoms with Crippen molar-refractivity contribution in [3.05, 3.63) is 70.1 Å². The second kappa shape index (κ2) is 4.87. The van der Waals surface area contributed by atoms with Gasteiger partial charge in [-0.25, -0.2) is 0 Å². The maximum absolute atomic E-state index is 11.6. The molecule has 1 heterocycles. The van der Waals surface area contributed by atoms with E-state index in [4.69, 9.17) is 4.84 Å². The van der Waals surface area contributed by atoms with Gasteiger partial charge in [0, 0.05) is 6.07 Å². The molecule has 0 saturated carbocycles. The molecule has 3 nitrogen and oxygen atoms in total. The van der Waals surface area contributed by atoms with Gasteiger partial charge in [0.05, 0.1) is 5.69 Å². The lowest BCUT2D eigenvalue weighted by atomic mass is 10.1. The fraction of sp³-hybridized carbons (Fsp3) is 0.214. The van der Waals surface area contributed by atoms with Crippen LogP contribution in [0.3, 0.4) is 0 Å². The van der Waals surface area contributed by atoms with Gasteiger partial charge in [0.1, 0.15) is 6.10 Å². The minimum atomic E-state index is -0.157. The molecule has 0 aliphatic rings. The zero-order valence-corrected chi connectivity index (χ0v) is 9.96. The molecule has 0 N–H and O–H groups in total. The Labute approximate surface area is 100 Å². The van der Waals surface area contributed by atoms with Crippen LogP contribution in [0.1, 0.15) is 24.3 Å². The molecule has 0 saturated heterocycles. The SMILES string of the molecule is Cc1cccc(=O)n1OC(C)c1ccccc1. The summed E-state index contributed by atoms with van der Waals surface area (Å²) in [7, 11) is 0. The van der Waals surface area contributed by atoms with Gasteiger partial charge < -0.3 is 4.84 Å². The zero-order chi connectivity index (χ0) is 12.3. The first kappa shape index (κ1) is 11.5. The third-order valence-electron chi connectivity index (χ3n) is 2.63. The number of aryl methyl sites for hydroxylation is 1. The highest BCUT2D eigenvalue weighted by Crippen LogP contribution is 2.12. The summed E-state index contributed by atoms with van der Waals surface area (Å²) in [5.74, 6) is 0. The van der Waals surface area contributed by atoms with Gasteiger partial charge in [0.2, 0.25) is 0 Å². The van der Waals surface area contributed by atoms with Gasteiger partial charge in [-0.1, -0.05) is 36.4 Å². The number of pyridine rings is 1. The van der Waals surface area contributed by atoms with Crippen molar-refractivity contribution in [2.24, 2.45) is 0 Å². The summed E-state index contributed by atoms with van der Waals surface area (Å²) in [5, 5.41) is 0. The molecule has 88 valence electrons. The highest BCUT2D eigenvalue weighted by atomic mass is 16.7. The molecule has 1 aromatic heterocycles. The van der Waals surface area contributed by atoms with Crippen LogP contribution in [0.2, 0.25) is 0 Å². The van der Waals surface area contributed by atoms with Gasteiger partial charge in [-0.05, 0) is 25.5 Å². The molecule has 0 radical (unpaired) electrons. The van der Waals surface area contributed by atoms with Crippen molar-refractivity contribution in [1.82, 2.24) is 4.73 Å². The third kappa shape index (κ3) is 2.56. The molecule has 3 heteroatoms. The van der Waals surface area contributed by atoms with Crippen LogP contribution in [0, 0.1) is 6.92 Å². The summed E-state index contributed by atoms with van der Waals surface area (Å²) < 4.78 is 1.33. The van der Waals surface area contributed by atoms with Crippen LogP contribution in [0.4, 0.5) is 0 Å². The van der Waals surface area contributed by atoms with E-state index in [1.807, 2.05) is 50.2 Å². The van der Waals surface area contributed by atoms with E-state index in [1.54, 1.807) is 6.07 Å². The smallest absolute Gasteiger partial charge is 0.283 e. The molecule has 0 spiro atoms. The number of aromatic nitrogens is 1. The van der Waals surface area contributed by atoms with Crippen LogP contribution >= 0.6 is 0 Å². The van der Waals surface area contributed by atoms with E-state index >= 15 is 0 Å². The second-order valence-corrected chi connectivity index (χ2v) is 3.96. The van der Waals surface area contributed by atoms with Gasteiger partial charge in [-0.3, -0.25) is 4.79 Å². The fourth-order valence-corrected chi connectivity index (χ4v) is 1.66. The zero-order valence-electron chi connectivity index (χ0n) is 9.96. The average molecular weight is 229 g/mol. The first-order valence-electron chi connectivity index (χ1n) is 5.59. The lowest BCUT2D eigenvalue weighted by Crippen LogP contribution is -2.29. The highest BCUT2D eigenvalue weighted by molar-refractivity contribution is 5.17. The van der Waals surface area contributed by atoms with Gasteiger partial charge in [-0.2, -0.15) is 0 Å². The summed E-state index contributed by atoms with van der Waals surface area (Å²) in [6.07, 6.45) is -0.157. The Morgan fingerprint density at radius 2 is 1.76 bits per heavy atom. The van der Waals surface area contributed by atoms with E-state index in [1.165, 1.54) is 10.8 Å². The second-order valence-electron chi connectivity index (χ2n) is 3.96. The maximum atomic E-state index is 11.6. The molecule has 1 aromatic carbocycles. The van der Waals surface area contributed by atoms with Crippen molar-refractivity contribution in [3.8, 4) is 0 Å². The van der Waals surface area contributed by atoms with Crippen molar-refractivity contribution < 1.29 is 4.84 Å². The van der Waals surface area contributed by atoms with Crippen LogP contribution in [0.15, 0.2) is 53.3 Å². The number of rotatable bonds is 3. The Morgan fingerprint density at radius 1 is 1.06 bits per heavy atom. The largest absolute Gasteiger partial charge is 0.403 e. The molecule has 0 amide bonds. The Balaban J connectivity index is 2.25. The van der Waals surface area contributed by atoms with Crippen LogP contribution in [0.25, 0.3) is 0 Å². The number of benzene rings is 1. The predicted molar refractivity (Wildman–Crippen MR) is 66.9 cm³/mol. The van der Waals surface area contributed by atoms with Gasteiger partial charge in [0.15, 0.2) is 0 Å². The molecule has 0 fully saturated rings. The number of hydrogen-bond acceptors (Lipinski definition) is 2. The van der Waals surface area contributed by atoms with Crippen molar-refractivity contribution in [2.75, 3.05) is 0 Å². The summed E-state index contributed by atoms with van der Waals surface area (Å²) in [4.78, 5) is 17.3. The molecule has 17 heavy (non-hydrogen) atoms. The van der Waals surface area contributed by atoms with E-state index in [-0.39, 0.29) is 11.7 Å². The van der Waals surface area contributed by atoms with Crippen molar-refractivity contribution in [3.63, 3.8) is 0 Å². The Morgan fingerprint density at radius 3 is 2.41 bits per heavy atom. The van der Waals surface area contributed by atoms with Crippen LogP contribution < -0.4 is 10.4 Å². The highest BCUT2D eigenvalue weighted by Gasteiger charge is 2.08. The minimum Gasteiger partial charge on any atom is -0.403 e. The first-order valence-corrected chi connectivity index (χ1v) is 5.59. The van der Waals surface area contributed by atoms with Crippen molar-refractivity contribution in [1.29, 1.82) is 0 Å². The molecule has 1 unspecified atom stereocenters. The van der Waals surface area contributed by atoms with Crippen LogP contribution in [-0.4, -0.2) is 4.73 Å². The van der Waals surface area contributed by atoms with Gasteiger partial charge >= 0.3 is 0 Å². The number of nitrogens with zero attached hydrogens (tertiary/aromatic N) is 1. The standard InChI is InChI=1S/C14H15NO2/c1-11-7-6-10-14(16)15(11)17-12(2)13-8-4-3-5-9-13/h3-10,12H,1-2H3. The van der Waals surface area contributed by atoms with Gasteiger partial charge in [-0.15, -0.1) is 4.73 Å². The van der Waals surface area contributed by atoms with Crippen LogP contribution in [0.5, 0.6) is 0 Å². The van der Waals surface area contributed by atoms with Crippen molar-refractivity contribution >= 4 is 0 Å². The summed E-state index contributed by atoms with van der Waals surface area (Å²) in [6, 6.07) is 14.9. The lowest BCUT2D eigenvalue weighted by molar-refractivity contribution is 0.0371. The van der Waals surface area contributed by atoms with E-state index in [0.717, 1.165) is 11.3 Å². The first-order chi connectivity index (χ1) is 8.18. The number of hydrogen-bond donors (Lipinski definition) is 0. The predicted octanol–water partition coefficient (Wildman–Crippen LogP) is 2.35. The monoisotopic (exact) mass is 229 g/mol. The normalized spacial score (nSPS) is 12.1. The molecule has 0 aliphatic heterocycles. The summed E-state index contributed by atoms with van der Waals surface area (Å²) >= 11 is 0. The molecule has 2 aromatic rings. The molecular weight excluding hydrogens is 214 g/mol. The Hall–Kier alpha value is -2.03. The van der Waals surface area contributed by atoms with E-state index in [9.17, 15) is 4.79 Å². The van der Waals surface area contributed by atoms with E-state index < -0.39 is 0 Å².